The monoisotopic (exact) mass is 203 g/mol. The van der Waals surface area contributed by atoms with Crippen molar-refractivity contribution in [2.75, 3.05) is 5.33 Å². The summed E-state index contributed by atoms with van der Waals surface area (Å²) < 4.78 is 1.80. The fourth-order valence-electron chi connectivity index (χ4n) is 0.823. The number of halogens is 1. The highest BCUT2D eigenvalue weighted by Crippen LogP contribution is 2.14. The van der Waals surface area contributed by atoms with Crippen molar-refractivity contribution in [1.82, 2.24) is 15.0 Å². The molecule has 4 heteroatoms. The van der Waals surface area contributed by atoms with Crippen molar-refractivity contribution in [3.8, 4) is 0 Å². The van der Waals surface area contributed by atoms with E-state index in [9.17, 15) is 0 Å². The molecule has 0 aliphatic heterocycles. The molecule has 0 saturated carbocycles. The molecule has 1 rings (SSSR count). The molecule has 1 unspecified atom stereocenters. The molecule has 1 aromatic rings. The van der Waals surface area contributed by atoms with Crippen molar-refractivity contribution in [2.24, 2.45) is 7.05 Å². The summed E-state index contributed by atoms with van der Waals surface area (Å²) in [5, 5.41) is 8.57. The SMILES string of the molecule is CC(CBr)c1cnnn1C. The maximum atomic E-state index is 3.83. The summed E-state index contributed by atoms with van der Waals surface area (Å²) in [6, 6.07) is 0. The van der Waals surface area contributed by atoms with Crippen molar-refractivity contribution in [1.29, 1.82) is 0 Å². The smallest absolute Gasteiger partial charge is 0.0728 e. The van der Waals surface area contributed by atoms with Crippen LogP contribution in [0.4, 0.5) is 0 Å². The largest absolute Gasteiger partial charge is 0.252 e. The summed E-state index contributed by atoms with van der Waals surface area (Å²) in [7, 11) is 1.90. The van der Waals surface area contributed by atoms with Gasteiger partial charge in [0, 0.05) is 18.3 Å². The Morgan fingerprint density at radius 3 is 2.90 bits per heavy atom. The molecular weight excluding hydrogens is 194 g/mol. The zero-order chi connectivity index (χ0) is 7.56. The fourth-order valence-corrected chi connectivity index (χ4v) is 1.15. The normalized spacial score (nSPS) is 13.5. The van der Waals surface area contributed by atoms with Gasteiger partial charge in [0.25, 0.3) is 0 Å². The minimum absolute atomic E-state index is 0.486. The number of rotatable bonds is 2. The molecule has 0 spiro atoms. The molecule has 0 N–H and O–H groups in total. The predicted molar refractivity (Wildman–Crippen MR) is 43.2 cm³/mol. The zero-order valence-corrected chi connectivity index (χ0v) is 7.67. The molecule has 0 saturated heterocycles. The topological polar surface area (TPSA) is 30.7 Å². The van der Waals surface area contributed by atoms with Gasteiger partial charge in [0.15, 0.2) is 0 Å². The molecule has 0 radical (unpaired) electrons. The summed E-state index contributed by atoms with van der Waals surface area (Å²) in [6.07, 6.45) is 1.80. The predicted octanol–water partition coefficient (Wildman–Crippen LogP) is 1.31. The van der Waals surface area contributed by atoms with E-state index in [1.54, 1.807) is 10.9 Å². The lowest BCUT2D eigenvalue weighted by Crippen LogP contribution is -2.03. The van der Waals surface area contributed by atoms with Gasteiger partial charge >= 0.3 is 0 Å². The average Bonchev–Trinajstić information content (AvgIpc) is 2.34. The van der Waals surface area contributed by atoms with E-state index in [2.05, 4.69) is 33.2 Å². The molecule has 1 aromatic heterocycles. The molecule has 0 fully saturated rings. The molecule has 1 atom stereocenters. The third-order valence-electron chi connectivity index (χ3n) is 1.49. The van der Waals surface area contributed by atoms with Crippen molar-refractivity contribution in [2.45, 2.75) is 12.8 Å². The first kappa shape index (κ1) is 7.72. The zero-order valence-electron chi connectivity index (χ0n) is 6.08. The number of alkyl halides is 1. The van der Waals surface area contributed by atoms with Crippen molar-refractivity contribution >= 4 is 15.9 Å². The molecule has 0 aliphatic rings. The van der Waals surface area contributed by atoms with E-state index in [0.717, 1.165) is 11.0 Å². The first-order valence-electron chi connectivity index (χ1n) is 3.16. The van der Waals surface area contributed by atoms with Gasteiger partial charge in [-0.3, -0.25) is 4.68 Å². The Kier molecular flexibility index (Phi) is 2.43. The van der Waals surface area contributed by atoms with Crippen molar-refractivity contribution < 1.29 is 0 Å². The quantitative estimate of drug-likeness (QED) is 0.680. The highest BCUT2D eigenvalue weighted by Gasteiger charge is 2.07. The van der Waals surface area contributed by atoms with Gasteiger partial charge in [-0.15, -0.1) is 5.10 Å². The summed E-state index contributed by atoms with van der Waals surface area (Å²) >= 11 is 3.40. The first-order chi connectivity index (χ1) is 4.75. The molecule has 0 bridgehead atoms. The van der Waals surface area contributed by atoms with Gasteiger partial charge in [0.2, 0.25) is 0 Å². The van der Waals surface area contributed by atoms with Gasteiger partial charge in [-0.05, 0) is 0 Å². The Morgan fingerprint density at radius 1 is 1.80 bits per heavy atom. The van der Waals surface area contributed by atoms with E-state index < -0.39 is 0 Å². The second-order valence-electron chi connectivity index (χ2n) is 2.34. The van der Waals surface area contributed by atoms with Crippen LogP contribution in [0.15, 0.2) is 6.20 Å². The van der Waals surface area contributed by atoms with Gasteiger partial charge in [0.05, 0.1) is 11.9 Å². The first-order valence-corrected chi connectivity index (χ1v) is 4.28. The van der Waals surface area contributed by atoms with Gasteiger partial charge in [-0.25, -0.2) is 0 Å². The maximum Gasteiger partial charge on any atom is 0.0728 e. The Bertz CT molecular complexity index is 209. The van der Waals surface area contributed by atoms with Crippen molar-refractivity contribution in [3.05, 3.63) is 11.9 Å². The molecule has 0 amide bonds. The van der Waals surface area contributed by atoms with E-state index in [1.807, 2.05) is 7.05 Å². The van der Waals surface area contributed by atoms with Crippen LogP contribution in [-0.2, 0) is 7.05 Å². The van der Waals surface area contributed by atoms with Crippen molar-refractivity contribution in [3.63, 3.8) is 0 Å². The van der Waals surface area contributed by atoms with E-state index in [1.165, 1.54) is 0 Å². The van der Waals surface area contributed by atoms with Gasteiger partial charge in [0.1, 0.15) is 0 Å². The van der Waals surface area contributed by atoms with E-state index in [4.69, 9.17) is 0 Å². The lowest BCUT2D eigenvalue weighted by molar-refractivity contribution is 0.652. The standard InChI is InChI=1S/C6H10BrN3/c1-5(3-7)6-4-8-9-10(6)2/h4-5H,3H2,1-2H3. The highest BCUT2D eigenvalue weighted by atomic mass is 79.9. The third-order valence-corrected chi connectivity index (χ3v) is 2.46. The minimum atomic E-state index is 0.486. The Balaban J connectivity index is 2.82. The molecular formula is C6H10BrN3. The Hall–Kier alpha value is -0.380. The van der Waals surface area contributed by atoms with Crippen LogP contribution in [0.25, 0.3) is 0 Å². The molecule has 1 heterocycles. The highest BCUT2D eigenvalue weighted by molar-refractivity contribution is 9.09. The fraction of sp³-hybridized carbons (Fsp3) is 0.667. The van der Waals surface area contributed by atoms with Crippen LogP contribution in [0.2, 0.25) is 0 Å². The number of hydrogen-bond acceptors (Lipinski definition) is 2. The second kappa shape index (κ2) is 3.14. The van der Waals surface area contributed by atoms with Gasteiger partial charge in [-0.1, -0.05) is 28.1 Å². The molecule has 0 aromatic carbocycles. The van der Waals surface area contributed by atoms with Gasteiger partial charge in [-0.2, -0.15) is 0 Å². The number of aromatic nitrogens is 3. The number of nitrogens with zero attached hydrogens (tertiary/aromatic N) is 3. The summed E-state index contributed by atoms with van der Waals surface area (Å²) in [5.41, 5.74) is 1.16. The Labute approximate surface area is 68.6 Å². The minimum Gasteiger partial charge on any atom is -0.252 e. The van der Waals surface area contributed by atoms with E-state index in [-0.39, 0.29) is 0 Å². The Morgan fingerprint density at radius 2 is 2.50 bits per heavy atom. The summed E-state index contributed by atoms with van der Waals surface area (Å²) in [4.78, 5) is 0. The van der Waals surface area contributed by atoms with Crippen LogP contribution in [0, 0.1) is 0 Å². The summed E-state index contributed by atoms with van der Waals surface area (Å²) in [5.74, 6) is 0.486. The molecule has 3 nitrogen and oxygen atoms in total. The van der Waals surface area contributed by atoms with E-state index >= 15 is 0 Å². The third kappa shape index (κ3) is 1.37. The second-order valence-corrected chi connectivity index (χ2v) is 2.99. The lowest BCUT2D eigenvalue weighted by Gasteiger charge is -2.04. The van der Waals surface area contributed by atoms with Crippen LogP contribution in [0.1, 0.15) is 18.5 Å². The number of aryl methyl sites for hydroxylation is 1. The molecule has 56 valence electrons. The maximum absolute atomic E-state index is 3.83. The average molecular weight is 204 g/mol. The van der Waals surface area contributed by atoms with Crippen LogP contribution in [0.3, 0.4) is 0 Å². The molecule has 0 aliphatic carbocycles. The molecule has 10 heavy (non-hydrogen) atoms. The van der Waals surface area contributed by atoms with Crippen LogP contribution < -0.4 is 0 Å². The lowest BCUT2D eigenvalue weighted by atomic mass is 10.1. The van der Waals surface area contributed by atoms with E-state index in [0.29, 0.717) is 5.92 Å². The summed E-state index contributed by atoms with van der Waals surface area (Å²) in [6.45, 7) is 2.13. The van der Waals surface area contributed by atoms with Crippen LogP contribution >= 0.6 is 15.9 Å². The van der Waals surface area contributed by atoms with Crippen LogP contribution in [0.5, 0.6) is 0 Å². The van der Waals surface area contributed by atoms with Gasteiger partial charge < -0.3 is 0 Å². The number of hydrogen-bond donors (Lipinski definition) is 0. The van der Waals surface area contributed by atoms with Crippen LogP contribution in [-0.4, -0.2) is 20.3 Å².